The van der Waals surface area contributed by atoms with Crippen LogP contribution in [0.2, 0.25) is 0 Å². The van der Waals surface area contributed by atoms with Crippen LogP contribution in [0.15, 0.2) is 66.0 Å². The smallest absolute Gasteiger partial charge is 0.297 e. The highest BCUT2D eigenvalue weighted by atomic mass is 32.2. The van der Waals surface area contributed by atoms with Gasteiger partial charge >= 0.3 is 0 Å². The highest BCUT2D eigenvalue weighted by molar-refractivity contribution is 7.86. The third kappa shape index (κ3) is 5.85. The Labute approximate surface area is 200 Å². The fraction of sp³-hybridized carbons (Fsp3) is 0.400. The fourth-order valence-corrected chi connectivity index (χ4v) is 4.81. The number of benzene rings is 2. The predicted molar refractivity (Wildman–Crippen MR) is 126 cm³/mol. The first-order valence-corrected chi connectivity index (χ1v) is 12.6. The van der Waals surface area contributed by atoms with E-state index in [1.165, 1.54) is 12.1 Å². The van der Waals surface area contributed by atoms with Crippen LogP contribution >= 0.6 is 0 Å². The molecule has 4 rings (SSSR count). The number of imidazole rings is 1. The van der Waals surface area contributed by atoms with Crippen molar-refractivity contribution in [2.75, 3.05) is 20.3 Å². The number of aromatic nitrogens is 2. The van der Waals surface area contributed by atoms with E-state index >= 15 is 0 Å². The zero-order valence-corrected chi connectivity index (χ0v) is 20.5. The van der Waals surface area contributed by atoms with E-state index in [1.807, 2.05) is 42.7 Å². The third-order valence-corrected chi connectivity index (χ3v) is 7.21. The summed E-state index contributed by atoms with van der Waals surface area (Å²) in [7, 11) is -2.25. The van der Waals surface area contributed by atoms with Crippen LogP contribution in [-0.4, -0.2) is 50.2 Å². The van der Waals surface area contributed by atoms with Gasteiger partial charge in [0.2, 0.25) is 0 Å². The minimum absolute atomic E-state index is 0.122. The second-order valence-corrected chi connectivity index (χ2v) is 10.1. The summed E-state index contributed by atoms with van der Waals surface area (Å²) in [5.74, 6) is -0.125. The summed E-state index contributed by atoms with van der Waals surface area (Å²) in [5.41, 5.74) is 3.08. The topological polar surface area (TPSA) is 88.9 Å². The average Bonchev–Trinajstić information content (AvgIpc) is 3.43. The molecule has 1 aliphatic heterocycles. The minimum atomic E-state index is -3.88. The van der Waals surface area contributed by atoms with Gasteiger partial charge in [-0.25, -0.2) is 4.98 Å². The second kappa shape index (κ2) is 10.3. The maximum atomic E-state index is 12.6. The molecule has 2 unspecified atom stereocenters. The Kier molecular flexibility index (Phi) is 7.37. The Balaban J connectivity index is 1.44. The van der Waals surface area contributed by atoms with E-state index in [9.17, 15) is 8.42 Å². The molecule has 1 fully saturated rings. The monoisotopic (exact) mass is 486 g/mol. The molecular formula is C25H30N2O6S. The largest absolute Gasteiger partial charge is 0.497 e. The normalized spacial score (nSPS) is 20.5. The molecule has 2 aromatic carbocycles. The van der Waals surface area contributed by atoms with Gasteiger partial charge in [0.1, 0.15) is 11.9 Å². The molecule has 182 valence electrons. The van der Waals surface area contributed by atoms with Gasteiger partial charge in [-0.3, -0.25) is 4.18 Å². The summed E-state index contributed by atoms with van der Waals surface area (Å²) in [6.45, 7) is 4.42. The Bertz CT molecular complexity index is 1190. The van der Waals surface area contributed by atoms with Crippen LogP contribution in [0.5, 0.6) is 5.75 Å². The zero-order valence-electron chi connectivity index (χ0n) is 19.6. The maximum Gasteiger partial charge on any atom is 0.297 e. The molecule has 0 amide bonds. The van der Waals surface area contributed by atoms with Crippen molar-refractivity contribution in [3.05, 3.63) is 77.9 Å². The molecule has 8 nitrogen and oxygen atoms in total. The van der Waals surface area contributed by atoms with Crippen molar-refractivity contribution in [3.8, 4) is 5.75 Å². The van der Waals surface area contributed by atoms with Gasteiger partial charge in [0.05, 0.1) is 38.1 Å². The molecule has 3 aromatic rings. The lowest BCUT2D eigenvalue weighted by Crippen LogP contribution is -2.37. The van der Waals surface area contributed by atoms with Crippen LogP contribution in [0.3, 0.4) is 0 Å². The van der Waals surface area contributed by atoms with Crippen molar-refractivity contribution in [1.82, 2.24) is 9.55 Å². The van der Waals surface area contributed by atoms with Crippen LogP contribution in [0.4, 0.5) is 0 Å². The highest BCUT2D eigenvalue weighted by Crippen LogP contribution is 2.32. The Morgan fingerprint density at radius 3 is 2.50 bits per heavy atom. The fourth-order valence-electron chi connectivity index (χ4n) is 3.87. The van der Waals surface area contributed by atoms with Crippen molar-refractivity contribution in [2.24, 2.45) is 0 Å². The van der Waals surface area contributed by atoms with E-state index in [2.05, 4.69) is 4.98 Å². The minimum Gasteiger partial charge on any atom is -0.497 e. The lowest BCUT2D eigenvalue weighted by molar-refractivity contribution is -0.184. The lowest BCUT2D eigenvalue weighted by atomic mass is 10.0. The van der Waals surface area contributed by atoms with E-state index in [1.54, 1.807) is 31.8 Å². The highest BCUT2D eigenvalue weighted by Gasteiger charge is 2.42. The van der Waals surface area contributed by atoms with Gasteiger partial charge in [-0.15, -0.1) is 0 Å². The Morgan fingerprint density at radius 1 is 1.12 bits per heavy atom. The number of aryl methyl sites for hydroxylation is 3. The van der Waals surface area contributed by atoms with Gasteiger partial charge in [-0.1, -0.05) is 29.8 Å². The van der Waals surface area contributed by atoms with Crippen molar-refractivity contribution >= 4 is 10.1 Å². The predicted octanol–water partition coefficient (Wildman–Crippen LogP) is 3.66. The van der Waals surface area contributed by atoms with Crippen molar-refractivity contribution in [2.45, 2.75) is 50.0 Å². The van der Waals surface area contributed by atoms with Crippen LogP contribution in [0.1, 0.15) is 23.2 Å². The molecule has 0 aliphatic carbocycles. The molecule has 0 saturated carbocycles. The summed E-state index contributed by atoms with van der Waals surface area (Å²) in [6.07, 6.45) is 4.30. The SMILES string of the molecule is COc1ccc(CCC2(Cn3cncc3C)OCC(COS(=O)(=O)c3ccc(C)cc3)O2)cc1. The maximum absolute atomic E-state index is 12.6. The van der Waals surface area contributed by atoms with E-state index in [4.69, 9.17) is 18.4 Å². The molecule has 0 radical (unpaired) electrons. The Morgan fingerprint density at radius 2 is 1.85 bits per heavy atom. The molecule has 0 N–H and O–H groups in total. The Hall–Kier alpha value is -2.72. The van der Waals surface area contributed by atoms with Gasteiger partial charge < -0.3 is 18.8 Å². The molecule has 1 aromatic heterocycles. The first-order valence-electron chi connectivity index (χ1n) is 11.2. The molecule has 1 aliphatic rings. The van der Waals surface area contributed by atoms with Crippen molar-refractivity contribution in [3.63, 3.8) is 0 Å². The van der Waals surface area contributed by atoms with Gasteiger partial charge in [0.25, 0.3) is 10.1 Å². The third-order valence-electron chi connectivity index (χ3n) is 5.92. The van der Waals surface area contributed by atoms with Gasteiger partial charge in [0, 0.05) is 18.3 Å². The van der Waals surface area contributed by atoms with E-state index < -0.39 is 22.0 Å². The zero-order chi connectivity index (χ0) is 24.2. The lowest BCUT2D eigenvalue weighted by Gasteiger charge is -2.29. The number of ether oxygens (including phenoxy) is 3. The van der Waals surface area contributed by atoms with Crippen LogP contribution < -0.4 is 4.74 Å². The number of nitrogens with zero attached hydrogens (tertiary/aromatic N) is 2. The molecule has 34 heavy (non-hydrogen) atoms. The average molecular weight is 487 g/mol. The molecule has 0 spiro atoms. The molecule has 9 heteroatoms. The number of methoxy groups -OCH3 is 1. The second-order valence-electron chi connectivity index (χ2n) is 8.52. The van der Waals surface area contributed by atoms with Crippen LogP contribution in [0, 0.1) is 13.8 Å². The number of hydrogen-bond acceptors (Lipinski definition) is 7. The van der Waals surface area contributed by atoms with Crippen LogP contribution in [-0.2, 0) is 36.7 Å². The summed E-state index contributed by atoms with van der Waals surface area (Å²) >= 11 is 0. The van der Waals surface area contributed by atoms with E-state index in [-0.39, 0.29) is 18.1 Å². The quantitative estimate of drug-likeness (QED) is 0.404. The summed E-state index contributed by atoms with van der Waals surface area (Å²) in [5, 5.41) is 0. The van der Waals surface area contributed by atoms with E-state index in [0.29, 0.717) is 19.4 Å². The molecular weight excluding hydrogens is 456 g/mol. The van der Waals surface area contributed by atoms with E-state index in [0.717, 1.165) is 22.6 Å². The number of hydrogen-bond donors (Lipinski definition) is 0. The molecule has 0 bridgehead atoms. The van der Waals surface area contributed by atoms with Crippen molar-refractivity contribution < 1.29 is 26.8 Å². The summed E-state index contributed by atoms with van der Waals surface area (Å²) in [6, 6.07) is 14.4. The van der Waals surface area contributed by atoms with Gasteiger partial charge in [-0.2, -0.15) is 8.42 Å². The first kappa shape index (κ1) is 24.4. The number of rotatable bonds is 10. The van der Waals surface area contributed by atoms with Gasteiger partial charge in [0.15, 0.2) is 5.79 Å². The summed E-state index contributed by atoms with van der Waals surface area (Å²) in [4.78, 5) is 4.32. The van der Waals surface area contributed by atoms with Crippen molar-refractivity contribution in [1.29, 1.82) is 0 Å². The molecule has 1 saturated heterocycles. The van der Waals surface area contributed by atoms with Crippen LogP contribution in [0.25, 0.3) is 0 Å². The molecule has 2 atom stereocenters. The summed E-state index contributed by atoms with van der Waals surface area (Å²) < 4.78 is 50.2. The molecule has 2 heterocycles. The van der Waals surface area contributed by atoms with Gasteiger partial charge in [-0.05, 0) is 50.1 Å². The standard InChI is InChI=1S/C25H30N2O6S/c1-19-4-10-24(11-5-19)34(28,29)32-16-23-15-31-25(33-23,17-27-18-26-14-20(27)2)13-12-21-6-8-22(30-3)9-7-21/h4-11,14,18,23H,12-13,15-17H2,1-3H3. The first-order chi connectivity index (χ1) is 16.3.